The Kier molecular flexibility index (Phi) is 3.48. The first-order valence-corrected chi connectivity index (χ1v) is 6.14. The van der Waals surface area contributed by atoms with Gasteiger partial charge in [-0.3, -0.25) is 0 Å². The van der Waals surface area contributed by atoms with E-state index in [-0.39, 0.29) is 17.0 Å². The zero-order chi connectivity index (χ0) is 12.5. The van der Waals surface area contributed by atoms with Crippen molar-refractivity contribution < 1.29 is 8.78 Å². The highest BCUT2D eigenvalue weighted by Gasteiger charge is 2.26. The van der Waals surface area contributed by atoms with Gasteiger partial charge in [0.25, 0.3) is 0 Å². The van der Waals surface area contributed by atoms with E-state index < -0.39 is 0 Å². The van der Waals surface area contributed by atoms with Crippen molar-refractivity contribution in [2.24, 2.45) is 5.41 Å². The summed E-state index contributed by atoms with van der Waals surface area (Å²) < 4.78 is 26.6. The summed E-state index contributed by atoms with van der Waals surface area (Å²) in [5.41, 5.74) is 0.407. The quantitative estimate of drug-likeness (QED) is 0.831. The molecule has 0 bridgehead atoms. The maximum atomic E-state index is 13.5. The molecule has 94 valence electrons. The topological polar surface area (TPSA) is 12.0 Å². The summed E-state index contributed by atoms with van der Waals surface area (Å²) in [5, 5.41) is 3.43. The van der Waals surface area contributed by atoms with Gasteiger partial charge < -0.3 is 5.32 Å². The zero-order valence-corrected chi connectivity index (χ0v) is 10.4. The van der Waals surface area contributed by atoms with Gasteiger partial charge in [0.1, 0.15) is 11.6 Å². The molecule has 1 aromatic carbocycles. The first-order chi connectivity index (χ1) is 7.96. The fourth-order valence-corrected chi connectivity index (χ4v) is 1.96. The monoisotopic (exact) mass is 239 g/mol. The lowest BCUT2D eigenvalue weighted by Gasteiger charge is -2.25. The molecule has 1 aromatic rings. The van der Waals surface area contributed by atoms with Gasteiger partial charge in [-0.15, -0.1) is 0 Å². The Bertz CT molecular complexity index is 397. The van der Waals surface area contributed by atoms with Crippen molar-refractivity contribution in [1.82, 2.24) is 5.32 Å². The molecule has 1 saturated carbocycles. The van der Waals surface area contributed by atoms with Crippen LogP contribution in [-0.2, 0) is 6.42 Å². The number of nitrogens with one attached hydrogen (secondary N) is 1. The van der Waals surface area contributed by atoms with Gasteiger partial charge in [0.05, 0.1) is 0 Å². The van der Waals surface area contributed by atoms with Gasteiger partial charge in [0.2, 0.25) is 0 Å². The van der Waals surface area contributed by atoms with E-state index in [1.807, 2.05) is 0 Å². The van der Waals surface area contributed by atoms with Crippen molar-refractivity contribution in [3.8, 4) is 0 Å². The van der Waals surface area contributed by atoms with Crippen LogP contribution < -0.4 is 5.32 Å². The van der Waals surface area contributed by atoms with Crippen molar-refractivity contribution in [3.05, 3.63) is 35.4 Å². The van der Waals surface area contributed by atoms with Gasteiger partial charge >= 0.3 is 0 Å². The molecule has 0 aromatic heterocycles. The molecule has 3 heteroatoms. The van der Waals surface area contributed by atoms with E-state index in [1.165, 1.54) is 25.0 Å². The maximum Gasteiger partial charge on any atom is 0.126 e. The molecule has 0 atom stereocenters. The van der Waals surface area contributed by atoms with E-state index in [0.29, 0.717) is 18.0 Å². The first kappa shape index (κ1) is 12.5. The summed E-state index contributed by atoms with van der Waals surface area (Å²) in [6.45, 7) is 4.99. The Morgan fingerprint density at radius 2 is 2.00 bits per heavy atom. The fourth-order valence-electron chi connectivity index (χ4n) is 1.96. The van der Waals surface area contributed by atoms with Gasteiger partial charge in [0, 0.05) is 12.6 Å². The summed E-state index contributed by atoms with van der Waals surface area (Å²) in [6.07, 6.45) is 3.03. The Morgan fingerprint density at radius 1 is 1.29 bits per heavy atom. The molecular weight excluding hydrogens is 220 g/mol. The summed E-state index contributed by atoms with van der Waals surface area (Å²) in [7, 11) is 0. The van der Waals surface area contributed by atoms with Gasteiger partial charge in [0.15, 0.2) is 0 Å². The molecule has 0 saturated heterocycles. The Balaban J connectivity index is 1.99. The molecular formula is C14H19F2N. The van der Waals surface area contributed by atoms with E-state index in [2.05, 4.69) is 19.2 Å². The highest BCUT2D eigenvalue weighted by atomic mass is 19.1. The van der Waals surface area contributed by atoms with Crippen LogP contribution in [-0.4, -0.2) is 12.6 Å². The minimum absolute atomic E-state index is 0.0583. The van der Waals surface area contributed by atoms with Crippen LogP contribution in [0.15, 0.2) is 18.2 Å². The Morgan fingerprint density at radius 3 is 2.65 bits per heavy atom. The van der Waals surface area contributed by atoms with Gasteiger partial charge in [-0.05, 0) is 48.4 Å². The average Bonchev–Trinajstić information content (AvgIpc) is 3.04. The van der Waals surface area contributed by atoms with E-state index in [1.54, 1.807) is 0 Å². The minimum Gasteiger partial charge on any atom is -0.313 e. The van der Waals surface area contributed by atoms with Crippen LogP contribution in [0.25, 0.3) is 0 Å². The van der Waals surface area contributed by atoms with Crippen molar-refractivity contribution in [2.75, 3.05) is 6.54 Å². The molecule has 0 unspecified atom stereocenters. The number of halogens is 2. The van der Waals surface area contributed by atoms with Crippen molar-refractivity contribution in [3.63, 3.8) is 0 Å². The molecule has 1 N–H and O–H groups in total. The van der Waals surface area contributed by atoms with E-state index >= 15 is 0 Å². The maximum absolute atomic E-state index is 13.5. The predicted octanol–water partition coefficient (Wildman–Crippen LogP) is 3.29. The molecule has 1 aliphatic carbocycles. The lowest BCUT2D eigenvalue weighted by molar-refractivity contribution is 0.331. The summed E-state index contributed by atoms with van der Waals surface area (Å²) >= 11 is 0. The van der Waals surface area contributed by atoms with E-state index in [9.17, 15) is 8.78 Å². The zero-order valence-electron chi connectivity index (χ0n) is 10.4. The Labute approximate surface area is 101 Å². The van der Waals surface area contributed by atoms with Crippen LogP contribution in [0.2, 0.25) is 0 Å². The highest BCUT2D eigenvalue weighted by molar-refractivity contribution is 5.20. The predicted molar refractivity (Wildman–Crippen MR) is 64.9 cm³/mol. The van der Waals surface area contributed by atoms with Crippen LogP contribution in [0.4, 0.5) is 8.78 Å². The number of hydrogen-bond donors (Lipinski definition) is 1. The van der Waals surface area contributed by atoms with Crippen LogP contribution in [0.5, 0.6) is 0 Å². The number of hydrogen-bond acceptors (Lipinski definition) is 1. The normalized spacial score (nSPS) is 16.2. The van der Waals surface area contributed by atoms with Crippen LogP contribution in [0, 0.1) is 17.0 Å². The lowest BCUT2D eigenvalue weighted by Crippen LogP contribution is -2.32. The van der Waals surface area contributed by atoms with E-state index in [0.717, 1.165) is 12.6 Å². The standard InChI is InChI=1S/C14H19F2N/c1-14(2,9-17-12-4-5-12)8-10-7-11(15)3-6-13(10)16/h3,6-7,12,17H,4-5,8-9H2,1-2H3. The van der Waals surface area contributed by atoms with Gasteiger partial charge in [-0.2, -0.15) is 0 Å². The van der Waals surface area contributed by atoms with Gasteiger partial charge in [-0.25, -0.2) is 8.78 Å². The van der Waals surface area contributed by atoms with Crippen LogP contribution in [0.1, 0.15) is 32.3 Å². The van der Waals surface area contributed by atoms with Crippen molar-refractivity contribution >= 4 is 0 Å². The summed E-state index contributed by atoms with van der Waals surface area (Å²) in [6, 6.07) is 4.31. The molecule has 1 fully saturated rings. The number of rotatable bonds is 5. The molecule has 2 rings (SSSR count). The third kappa shape index (κ3) is 3.77. The molecule has 1 aliphatic rings. The first-order valence-electron chi connectivity index (χ1n) is 6.14. The molecule has 0 aliphatic heterocycles. The molecule has 17 heavy (non-hydrogen) atoms. The molecule has 0 radical (unpaired) electrons. The van der Waals surface area contributed by atoms with Crippen molar-refractivity contribution in [2.45, 2.75) is 39.2 Å². The SMILES string of the molecule is CC(C)(CNC1CC1)Cc1cc(F)ccc1F. The minimum atomic E-state index is -0.368. The number of benzene rings is 1. The van der Waals surface area contributed by atoms with Crippen molar-refractivity contribution in [1.29, 1.82) is 0 Å². The summed E-state index contributed by atoms with van der Waals surface area (Å²) in [4.78, 5) is 0. The third-order valence-electron chi connectivity index (χ3n) is 3.12. The lowest BCUT2D eigenvalue weighted by atomic mass is 9.85. The second-order valence-corrected chi connectivity index (χ2v) is 5.73. The molecule has 1 nitrogen and oxygen atoms in total. The third-order valence-corrected chi connectivity index (χ3v) is 3.12. The highest BCUT2D eigenvalue weighted by Crippen LogP contribution is 2.26. The second-order valence-electron chi connectivity index (χ2n) is 5.73. The van der Waals surface area contributed by atoms with Gasteiger partial charge in [-0.1, -0.05) is 13.8 Å². The second kappa shape index (κ2) is 4.73. The molecule has 0 heterocycles. The smallest absolute Gasteiger partial charge is 0.126 e. The van der Waals surface area contributed by atoms with Crippen LogP contribution >= 0.6 is 0 Å². The average molecular weight is 239 g/mol. The molecule has 0 amide bonds. The van der Waals surface area contributed by atoms with Crippen LogP contribution in [0.3, 0.4) is 0 Å². The summed E-state index contributed by atoms with van der Waals surface area (Å²) in [5.74, 6) is -0.682. The fraction of sp³-hybridized carbons (Fsp3) is 0.571. The van der Waals surface area contributed by atoms with E-state index in [4.69, 9.17) is 0 Å². The molecule has 0 spiro atoms. The largest absolute Gasteiger partial charge is 0.313 e. The Hall–Kier alpha value is -0.960.